The largest absolute Gasteiger partial charge is 0.378 e. The zero-order valence-corrected chi connectivity index (χ0v) is 12.1. The fraction of sp³-hybridized carbons (Fsp3) is 0.533. The third-order valence-corrected chi connectivity index (χ3v) is 2.69. The molecule has 112 valence electrons. The molecule has 1 amide bonds. The highest BCUT2D eigenvalue weighted by atomic mass is 16.5. The van der Waals surface area contributed by atoms with E-state index in [0.29, 0.717) is 45.9 Å². The molecule has 0 radical (unpaired) electrons. The zero-order valence-electron chi connectivity index (χ0n) is 12.1. The molecule has 1 rings (SSSR count). The van der Waals surface area contributed by atoms with Crippen molar-refractivity contribution in [3.8, 4) is 0 Å². The van der Waals surface area contributed by atoms with E-state index < -0.39 is 0 Å². The Balaban J connectivity index is 2.01. The minimum Gasteiger partial charge on any atom is -0.378 e. The number of amides is 1. The summed E-state index contributed by atoms with van der Waals surface area (Å²) in [5.74, 6) is 0.0110. The lowest BCUT2D eigenvalue weighted by molar-refractivity contribution is -0.120. The van der Waals surface area contributed by atoms with Crippen molar-refractivity contribution in [3.05, 3.63) is 35.4 Å². The van der Waals surface area contributed by atoms with Crippen LogP contribution in [0.5, 0.6) is 0 Å². The van der Waals surface area contributed by atoms with Gasteiger partial charge in [-0.15, -0.1) is 0 Å². The topological polar surface area (TPSA) is 73.6 Å². The van der Waals surface area contributed by atoms with E-state index >= 15 is 0 Å². The summed E-state index contributed by atoms with van der Waals surface area (Å²) in [5.41, 5.74) is 7.49. The minimum absolute atomic E-state index is 0.0110. The maximum Gasteiger partial charge on any atom is 0.224 e. The summed E-state index contributed by atoms with van der Waals surface area (Å²) in [7, 11) is 0. The fourth-order valence-corrected chi connectivity index (χ4v) is 1.62. The molecule has 0 saturated carbocycles. The molecule has 0 aliphatic rings. The summed E-state index contributed by atoms with van der Waals surface area (Å²) in [6.45, 7) is 5.17. The Morgan fingerprint density at radius 1 is 1.10 bits per heavy atom. The minimum atomic E-state index is 0.0110. The van der Waals surface area contributed by atoms with Crippen molar-refractivity contribution >= 4 is 5.91 Å². The number of carbonyl (C=O) groups is 1. The highest BCUT2D eigenvalue weighted by Crippen LogP contribution is 2.03. The number of nitrogens with one attached hydrogen (secondary N) is 1. The van der Waals surface area contributed by atoms with Gasteiger partial charge in [0.1, 0.15) is 0 Å². The lowest BCUT2D eigenvalue weighted by atomic mass is 10.1. The van der Waals surface area contributed by atoms with E-state index in [4.69, 9.17) is 15.2 Å². The standard InChI is InChI=1S/C15H24N2O3/c1-13-2-4-14(5-3-13)12-15(18)17-7-9-20-11-10-19-8-6-16/h2-5H,6-12,16H2,1H3,(H,17,18). The van der Waals surface area contributed by atoms with Gasteiger partial charge in [0.25, 0.3) is 0 Å². The highest BCUT2D eigenvalue weighted by Gasteiger charge is 2.02. The number of hydrogen-bond donors (Lipinski definition) is 2. The van der Waals surface area contributed by atoms with Gasteiger partial charge >= 0.3 is 0 Å². The molecule has 0 aliphatic heterocycles. The molecule has 5 nitrogen and oxygen atoms in total. The molecule has 0 spiro atoms. The molecule has 0 aliphatic carbocycles. The predicted molar refractivity (Wildman–Crippen MR) is 78.6 cm³/mol. The lowest BCUT2D eigenvalue weighted by Gasteiger charge is -2.07. The Morgan fingerprint density at radius 3 is 2.40 bits per heavy atom. The van der Waals surface area contributed by atoms with E-state index in [1.54, 1.807) is 0 Å². The first-order chi connectivity index (χ1) is 9.72. The fourth-order valence-electron chi connectivity index (χ4n) is 1.62. The predicted octanol–water partition coefficient (Wildman–Crippen LogP) is 0.646. The Kier molecular flexibility index (Phi) is 8.62. The van der Waals surface area contributed by atoms with E-state index in [9.17, 15) is 4.79 Å². The Hall–Kier alpha value is -1.43. The number of rotatable bonds is 10. The Labute approximate surface area is 120 Å². The van der Waals surface area contributed by atoms with Crippen LogP contribution in [0.2, 0.25) is 0 Å². The summed E-state index contributed by atoms with van der Waals surface area (Å²) in [5, 5.41) is 2.82. The van der Waals surface area contributed by atoms with Gasteiger partial charge < -0.3 is 20.5 Å². The summed E-state index contributed by atoms with van der Waals surface area (Å²) >= 11 is 0. The molecule has 0 heterocycles. The quantitative estimate of drug-likeness (QED) is 0.617. The highest BCUT2D eigenvalue weighted by molar-refractivity contribution is 5.78. The van der Waals surface area contributed by atoms with Gasteiger partial charge in [-0.1, -0.05) is 29.8 Å². The first-order valence-electron chi connectivity index (χ1n) is 6.90. The van der Waals surface area contributed by atoms with Crippen molar-refractivity contribution in [3.63, 3.8) is 0 Å². The van der Waals surface area contributed by atoms with Gasteiger partial charge in [-0.2, -0.15) is 0 Å². The van der Waals surface area contributed by atoms with Crippen molar-refractivity contribution in [1.82, 2.24) is 5.32 Å². The third-order valence-electron chi connectivity index (χ3n) is 2.69. The SMILES string of the molecule is Cc1ccc(CC(=O)NCCOCCOCCN)cc1. The zero-order chi connectivity index (χ0) is 14.6. The van der Waals surface area contributed by atoms with Gasteiger partial charge in [0.15, 0.2) is 0 Å². The van der Waals surface area contributed by atoms with Gasteiger partial charge in [-0.05, 0) is 12.5 Å². The molecule has 1 aromatic carbocycles. The number of nitrogens with two attached hydrogens (primary N) is 1. The van der Waals surface area contributed by atoms with Crippen LogP contribution in [-0.4, -0.2) is 45.4 Å². The van der Waals surface area contributed by atoms with Crippen LogP contribution in [0.3, 0.4) is 0 Å². The van der Waals surface area contributed by atoms with Gasteiger partial charge in [0.05, 0.1) is 32.8 Å². The number of ether oxygens (including phenoxy) is 2. The van der Waals surface area contributed by atoms with E-state index in [0.717, 1.165) is 5.56 Å². The molecule has 0 unspecified atom stereocenters. The normalized spacial score (nSPS) is 10.5. The molecular formula is C15H24N2O3. The molecular weight excluding hydrogens is 256 g/mol. The third kappa shape index (κ3) is 7.89. The molecule has 3 N–H and O–H groups in total. The first-order valence-corrected chi connectivity index (χ1v) is 6.90. The van der Waals surface area contributed by atoms with Crippen molar-refractivity contribution in [2.75, 3.05) is 39.5 Å². The molecule has 1 aromatic rings. The summed E-state index contributed by atoms with van der Waals surface area (Å²) in [4.78, 5) is 11.7. The van der Waals surface area contributed by atoms with Gasteiger partial charge in [0, 0.05) is 13.1 Å². The van der Waals surface area contributed by atoms with Crippen LogP contribution in [0.4, 0.5) is 0 Å². The van der Waals surface area contributed by atoms with Gasteiger partial charge in [-0.3, -0.25) is 4.79 Å². The van der Waals surface area contributed by atoms with E-state index in [1.165, 1.54) is 5.56 Å². The van der Waals surface area contributed by atoms with E-state index in [2.05, 4.69) is 5.32 Å². The molecule has 0 bridgehead atoms. The molecule has 5 heteroatoms. The summed E-state index contributed by atoms with van der Waals surface area (Å²) < 4.78 is 10.5. The molecule has 0 atom stereocenters. The average Bonchev–Trinajstić information content (AvgIpc) is 2.44. The number of aryl methyl sites for hydroxylation is 1. The van der Waals surface area contributed by atoms with Crippen molar-refractivity contribution in [2.45, 2.75) is 13.3 Å². The smallest absolute Gasteiger partial charge is 0.224 e. The van der Waals surface area contributed by atoms with Crippen molar-refractivity contribution < 1.29 is 14.3 Å². The van der Waals surface area contributed by atoms with Crippen LogP contribution < -0.4 is 11.1 Å². The monoisotopic (exact) mass is 280 g/mol. The van der Waals surface area contributed by atoms with Crippen LogP contribution in [0.25, 0.3) is 0 Å². The molecule has 0 saturated heterocycles. The van der Waals surface area contributed by atoms with Gasteiger partial charge in [-0.25, -0.2) is 0 Å². The second kappa shape index (κ2) is 10.4. The summed E-state index contributed by atoms with van der Waals surface area (Å²) in [6.07, 6.45) is 0.403. The first kappa shape index (κ1) is 16.6. The van der Waals surface area contributed by atoms with E-state index in [-0.39, 0.29) is 5.91 Å². The number of carbonyl (C=O) groups excluding carboxylic acids is 1. The Bertz CT molecular complexity index is 379. The van der Waals surface area contributed by atoms with Crippen LogP contribution in [0.15, 0.2) is 24.3 Å². The van der Waals surface area contributed by atoms with E-state index in [1.807, 2.05) is 31.2 Å². The number of hydrogen-bond acceptors (Lipinski definition) is 4. The maximum atomic E-state index is 11.7. The second-order valence-electron chi connectivity index (χ2n) is 4.53. The van der Waals surface area contributed by atoms with Crippen LogP contribution in [0, 0.1) is 6.92 Å². The van der Waals surface area contributed by atoms with Crippen LogP contribution in [-0.2, 0) is 20.7 Å². The van der Waals surface area contributed by atoms with Crippen LogP contribution >= 0.6 is 0 Å². The Morgan fingerprint density at radius 2 is 1.75 bits per heavy atom. The molecule has 0 aromatic heterocycles. The number of benzene rings is 1. The second-order valence-corrected chi connectivity index (χ2v) is 4.53. The van der Waals surface area contributed by atoms with Crippen molar-refractivity contribution in [2.24, 2.45) is 5.73 Å². The van der Waals surface area contributed by atoms with Crippen molar-refractivity contribution in [1.29, 1.82) is 0 Å². The summed E-state index contributed by atoms with van der Waals surface area (Å²) in [6, 6.07) is 7.96. The van der Waals surface area contributed by atoms with Crippen LogP contribution in [0.1, 0.15) is 11.1 Å². The molecule has 0 fully saturated rings. The molecule has 20 heavy (non-hydrogen) atoms. The maximum absolute atomic E-state index is 11.7. The lowest BCUT2D eigenvalue weighted by Crippen LogP contribution is -2.29. The van der Waals surface area contributed by atoms with Gasteiger partial charge in [0.2, 0.25) is 5.91 Å². The average molecular weight is 280 g/mol.